The van der Waals surface area contributed by atoms with E-state index in [1.165, 1.54) is 12.8 Å². The van der Waals surface area contributed by atoms with Crippen LogP contribution in [0.3, 0.4) is 0 Å². The molecular weight excluding hydrogens is 160 g/mol. The van der Waals surface area contributed by atoms with E-state index in [9.17, 15) is 0 Å². The second kappa shape index (κ2) is 3.77. The predicted octanol–water partition coefficient (Wildman–Crippen LogP) is 2.68. The van der Waals surface area contributed by atoms with Gasteiger partial charge in [0, 0.05) is 17.9 Å². The van der Waals surface area contributed by atoms with Crippen LogP contribution in [0.2, 0.25) is 0 Å². The maximum Gasteiger partial charge on any atom is 0.0528 e. The highest BCUT2D eigenvalue weighted by Gasteiger charge is 2.23. The summed E-state index contributed by atoms with van der Waals surface area (Å²) in [4.78, 5) is 0. The summed E-state index contributed by atoms with van der Waals surface area (Å²) >= 11 is 5.74. The Hall–Kier alpha value is 0.250. The molecular formula is C9H17ClO. The van der Waals surface area contributed by atoms with Crippen LogP contribution in [0.25, 0.3) is 0 Å². The number of hydrogen-bond donors (Lipinski definition) is 0. The predicted molar refractivity (Wildman–Crippen MR) is 48.0 cm³/mol. The minimum Gasteiger partial charge on any atom is -0.381 e. The van der Waals surface area contributed by atoms with Gasteiger partial charge in [0.25, 0.3) is 0 Å². The molecule has 0 radical (unpaired) electrons. The standard InChI is InChI=1S/C9H17ClO/c1-9(2,6-10)7-11-5-8-3-4-8/h8H,3-7H2,1-2H3. The summed E-state index contributed by atoms with van der Waals surface area (Å²) < 4.78 is 5.53. The van der Waals surface area contributed by atoms with Crippen molar-refractivity contribution >= 4 is 11.6 Å². The molecule has 1 fully saturated rings. The molecule has 0 heterocycles. The molecule has 1 aliphatic carbocycles. The third-order valence-electron chi connectivity index (χ3n) is 1.91. The minimum atomic E-state index is 0.149. The average molecular weight is 177 g/mol. The van der Waals surface area contributed by atoms with E-state index in [2.05, 4.69) is 13.8 Å². The molecule has 0 amide bonds. The molecule has 2 heteroatoms. The van der Waals surface area contributed by atoms with E-state index in [1.54, 1.807) is 0 Å². The Morgan fingerprint density at radius 2 is 2.09 bits per heavy atom. The van der Waals surface area contributed by atoms with Crippen LogP contribution in [0.4, 0.5) is 0 Å². The summed E-state index contributed by atoms with van der Waals surface area (Å²) in [5.41, 5.74) is 0.149. The van der Waals surface area contributed by atoms with E-state index >= 15 is 0 Å². The molecule has 0 atom stereocenters. The number of alkyl halides is 1. The van der Waals surface area contributed by atoms with E-state index in [4.69, 9.17) is 16.3 Å². The number of ether oxygens (including phenoxy) is 1. The first kappa shape index (κ1) is 9.34. The van der Waals surface area contributed by atoms with Gasteiger partial charge in [0.1, 0.15) is 0 Å². The third kappa shape index (κ3) is 3.97. The molecule has 0 bridgehead atoms. The second-order valence-corrected chi connectivity index (χ2v) is 4.52. The fourth-order valence-electron chi connectivity index (χ4n) is 0.825. The van der Waals surface area contributed by atoms with Crippen LogP contribution < -0.4 is 0 Å². The first-order valence-electron chi connectivity index (χ1n) is 4.28. The van der Waals surface area contributed by atoms with Crippen molar-refractivity contribution < 1.29 is 4.74 Å². The molecule has 0 N–H and O–H groups in total. The van der Waals surface area contributed by atoms with Crippen LogP contribution >= 0.6 is 11.6 Å². The van der Waals surface area contributed by atoms with E-state index in [-0.39, 0.29) is 5.41 Å². The highest BCUT2D eigenvalue weighted by molar-refractivity contribution is 6.18. The molecule has 0 saturated heterocycles. The fraction of sp³-hybridized carbons (Fsp3) is 1.00. The fourth-order valence-corrected chi connectivity index (χ4v) is 0.902. The summed E-state index contributed by atoms with van der Waals surface area (Å²) in [6.07, 6.45) is 2.72. The molecule has 0 spiro atoms. The lowest BCUT2D eigenvalue weighted by Gasteiger charge is -2.20. The Morgan fingerprint density at radius 1 is 1.45 bits per heavy atom. The summed E-state index contributed by atoms with van der Waals surface area (Å²) in [7, 11) is 0. The molecule has 11 heavy (non-hydrogen) atoms. The Morgan fingerprint density at radius 3 is 2.55 bits per heavy atom. The smallest absolute Gasteiger partial charge is 0.0528 e. The molecule has 1 rings (SSSR count). The average Bonchev–Trinajstić information content (AvgIpc) is 2.71. The maximum absolute atomic E-state index is 5.74. The van der Waals surface area contributed by atoms with E-state index in [0.717, 1.165) is 19.1 Å². The van der Waals surface area contributed by atoms with Gasteiger partial charge < -0.3 is 4.74 Å². The van der Waals surface area contributed by atoms with Gasteiger partial charge in [-0.3, -0.25) is 0 Å². The zero-order valence-electron chi connectivity index (χ0n) is 7.40. The van der Waals surface area contributed by atoms with Gasteiger partial charge in [-0.25, -0.2) is 0 Å². The van der Waals surface area contributed by atoms with Crippen LogP contribution in [0.5, 0.6) is 0 Å². The van der Waals surface area contributed by atoms with Gasteiger partial charge in [-0.2, -0.15) is 0 Å². The van der Waals surface area contributed by atoms with Crippen LogP contribution in [-0.2, 0) is 4.74 Å². The van der Waals surface area contributed by atoms with Crippen molar-refractivity contribution in [2.24, 2.45) is 11.3 Å². The largest absolute Gasteiger partial charge is 0.381 e. The first-order chi connectivity index (χ1) is 5.14. The van der Waals surface area contributed by atoms with Gasteiger partial charge in [0.15, 0.2) is 0 Å². The lowest BCUT2D eigenvalue weighted by molar-refractivity contribution is 0.0659. The third-order valence-corrected chi connectivity index (χ3v) is 2.63. The summed E-state index contributed by atoms with van der Waals surface area (Å²) in [6, 6.07) is 0. The SMILES string of the molecule is CC(C)(CCl)COCC1CC1. The lowest BCUT2D eigenvalue weighted by atomic mass is 9.98. The second-order valence-electron chi connectivity index (χ2n) is 4.26. The van der Waals surface area contributed by atoms with Gasteiger partial charge in [0.2, 0.25) is 0 Å². The lowest BCUT2D eigenvalue weighted by Crippen LogP contribution is -2.21. The summed E-state index contributed by atoms with van der Waals surface area (Å²) in [5, 5.41) is 0. The van der Waals surface area contributed by atoms with Crippen molar-refractivity contribution in [1.82, 2.24) is 0 Å². The van der Waals surface area contributed by atoms with E-state index in [0.29, 0.717) is 5.88 Å². The Balaban J connectivity index is 1.99. The van der Waals surface area contributed by atoms with Crippen molar-refractivity contribution in [2.45, 2.75) is 26.7 Å². The van der Waals surface area contributed by atoms with E-state index < -0.39 is 0 Å². The van der Waals surface area contributed by atoms with Crippen LogP contribution in [0.15, 0.2) is 0 Å². The molecule has 66 valence electrons. The monoisotopic (exact) mass is 176 g/mol. The first-order valence-corrected chi connectivity index (χ1v) is 4.81. The number of halogens is 1. The van der Waals surface area contributed by atoms with Crippen LogP contribution in [-0.4, -0.2) is 19.1 Å². The minimum absolute atomic E-state index is 0.149. The van der Waals surface area contributed by atoms with Crippen LogP contribution in [0.1, 0.15) is 26.7 Å². The molecule has 1 nitrogen and oxygen atoms in total. The van der Waals surface area contributed by atoms with Crippen molar-refractivity contribution in [3.63, 3.8) is 0 Å². The molecule has 0 aromatic heterocycles. The Labute approximate surface area is 74.1 Å². The van der Waals surface area contributed by atoms with Gasteiger partial charge in [-0.05, 0) is 18.8 Å². The number of hydrogen-bond acceptors (Lipinski definition) is 1. The molecule has 0 unspecified atom stereocenters. The zero-order valence-corrected chi connectivity index (χ0v) is 8.16. The maximum atomic E-state index is 5.74. The van der Waals surface area contributed by atoms with Crippen molar-refractivity contribution in [1.29, 1.82) is 0 Å². The van der Waals surface area contributed by atoms with Gasteiger partial charge in [-0.1, -0.05) is 13.8 Å². The van der Waals surface area contributed by atoms with Gasteiger partial charge in [-0.15, -0.1) is 11.6 Å². The van der Waals surface area contributed by atoms with Gasteiger partial charge in [0.05, 0.1) is 6.61 Å². The topological polar surface area (TPSA) is 9.23 Å². The van der Waals surface area contributed by atoms with E-state index in [1.807, 2.05) is 0 Å². The van der Waals surface area contributed by atoms with Crippen molar-refractivity contribution in [2.75, 3.05) is 19.1 Å². The number of rotatable bonds is 5. The normalized spacial score (nSPS) is 18.8. The Kier molecular flexibility index (Phi) is 3.20. The quantitative estimate of drug-likeness (QED) is 0.586. The summed E-state index contributed by atoms with van der Waals surface area (Å²) in [6.45, 7) is 6.01. The zero-order chi connectivity index (χ0) is 8.32. The Bertz CT molecular complexity index is 119. The van der Waals surface area contributed by atoms with Gasteiger partial charge >= 0.3 is 0 Å². The summed E-state index contributed by atoms with van der Waals surface area (Å²) in [5.74, 6) is 1.54. The molecule has 1 saturated carbocycles. The van der Waals surface area contributed by atoms with Crippen molar-refractivity contribution in [3.8, 4) is 0 Å². The molecule has 0 aromatic rings. The molecule has 0 aliphatic heterocycles. The highest BCUT2D eigenvalue weighted by atomic mass is 35.5. The molecule has 1 aliphatic rings. The molecule has 0 aromatic carbocycles. The highest BCUT2D eigenvalue weighted by Crippen LogP contribution is 2.29. The van der Waals surface area contributed by atoms with Crippen molar-refractivity contribution in [3.05, 3.63) is 0 Å². The van der Waals surface area contributed by atoms with Crippen LogP contribution in [0, 0.1) is 11.3 Å².